The molecule has 106 valence electrons. The number of carbonyl (C=O) groups is 1. The van der Waals surface area contributed by atoms with Crippen molar-refractivity contribution in [1.29, 1.82) is 0 Å². The number of nitrogens with one attached hydrogen (secondary N) is 1. The van der Waals surface area contributed by atoms with Crippen molar-refractivity contribution >= 4 is 17.4 Å². The molecule has 0 saturated heterocycles. The topological polar surface area (TPSA) is 97.3 Å². The first-order chi connectivity index (χ1) is 9.68. The van der Waals surface area contributed by atoms with Gasteiger partial charge in [0.2, 0.25) is 11.5 Å². The van der Waals surface area contributed by atoms with Crippen LogP contribution in [0.1, 0.15) is 16.9 Å². The van der Waals surface area contributed by atoms with Crippen LogP contribution in [0, 0.1) is 0 Å². The van der Waals surface area contributed by atoms with Crippen LogP contribution in [0.25, 0.3) is 0 Å². The highest BCUT2D eigenvalue weighted by atomic mass is 16.6. The minimum Gasteiger partial charge on any atom is -0.379 e. The lowest BCUT2D eigenvalue weighted by atomic mass is 10.3. The third kappa shape index (κ3) is 3.47. The third-order valence-electron chi connectivity index (χ3n) is 2.88. The van der Waals surface area contributed by atoms with E-state index in [1.165, 1.54) is 0 Å². The fourth-order valence-corrected chi connectivity index (χ4v) is 1.77. The standard InChI is InChI=1S/C13H17N5O2/c1-18(10-6-3-2-4-7-10)9-5-8-15-13(19)11-12(14)17-20-16-11/h2-4,6-7H,5,8-9H2,1H3,(H2,14,17)(H,15,19). The van der Waals surface area contributed by atoms with Crippen LogP contribution < -0.4 is 16.0 Å². The molecule has 0 unspecified atom stereocenters. The molecule has 2 aromatic rings. The minimum atomic E-state index is -0.369. The molecule has 20 heavy (non-hydrogen) atoms. The van der Waals surface area contributed by atoms with E-state index in [0.29, 0.717) is 6.54 Å². The Balaban J connectivity index is 1.72. The zero-order chi connectivity index (χ0) is 14.4. The molecule has 7 heteroatoms. The smallest absolute Gasteiger partial charge is 0.277 e. The Morgan fingerprint density at radius 1 is 1.35 bits per heavy atom. The molecule has 0 spiro atoms. The number of nitrogen functional groups attached to an aromatic ring is 1. The normalized spacial score (nSPS) is 10.2. The molecule has 1 aromatic carbocycles. The first-order valence-corrected chi connectivity index (χ1v) is 6.31. The van der Waals surface area contributed by atoms with Crippen LogP contribution in [-0.4, -0.2) is 36.4 Å². The molecule has 0 aliphatic rings. The van der Waals surface area contributed by atoms with Crippen LogP contribution in [0.3, 0.4) is 0 Å². The van der Waals surface area contributed by atoms with Gasteiger partial charge in [0, 0.05) is 25.8 Å². The summed E-state index contributed by atoms with van der Waals surface area (Å²) in [5.41, 5.74) is 6.60. The average molecular weight is 275 g/mol. The van der Waals surface area contributed by atoms with Crippen LogP contribution in [0.4, 0.5) is 11.5 Å². The Morgan fingerprint density at radius 2 is 2.10 bits per heavy atom. The minimum absolute atomic E-state index is 0.00361. The first kappa shape index (κ1) is 13.9. The Morgan fingerprint density at radius 3 is 2.75 bits per heavy atom. The summed E-state index contributed by atoms with van der Waals surface area (Å²) in [5, 5.41) is 9.52. The number of hydrogen-bond acceptors (Lipinski definition) is 6. The van der Waals surface area contributed by atoms with E-state index in [1.54, 1.807) is 0 Å². The number of hydrogen-bond donors (Lipinski definition) is 2. The summed E-state index contributed by atoms with van der Waals surface area (Å²) < 4.78 is 4.37. The highest BCUT2D eigenvalue weighted by molar-refractivity contribution is 5.95. The van der Waals surface area contributed by atoms with Crippen molar-refractivity contribution < 1.29 is 9.42 Å². The van der Waals surface area contributed by atoms with Crippen molar-refractivity contribution in [3.05, 3.63) is 36.0 Å². The second-order valence-electron chi connectivity index (χ2n) is 4.36. The average Bonchev–Trinajstić information content (AvgIpc) is 2.90. The van der Waals surface area contributed by atoms with Crippen molar-refractivity contribution in [3.63, 3.8) is 0 Å². The predicted molar refractivity (Wildman–Crippen MR) is 75.4 cm³/mol. The maximum atomic E-state index is 11.7. The van der Waals surface area contributed by atoms with Gasteiger partial charge in [-0.05, 0) is 28.9 Å². The van der Waals surface area contributed by atoms with E-state index >= 15 is 0 Å². The SMILES string of the molecule is CN(CCCNC(=O)c1nonc1N)c1ccccc1. The second kappa shape index (κ2) is 6.55. The Kier molecular flexibility index (Phi) is 4.54. The summed E-state index contributed by atoms with van der Waals surface area (Å²) in [4.78, 5) is 13.8. The quantitative estimate of drug-likeness (QED) is 0.760. The number of aromatic nitrogens is 2. The lowest BCUT2D eigenvalue weighted by Crippen LogP contribution is -2.28. The number of para-hydroxylation sites is 1. The van der Waals surface area contributed by atoms with Crippen molar-refractivity contribution in [2.24, 2.45) is 0 Å². The molecule has 7 nitrogen and oxygen atoms in total. The molecule has 0 aliphatic heterocycles. The largest absolute Gasteiger partial charge is 0.379 e. The van der Waals surface area contributed by atoms with Gasteiger partial charge < -0.3 is 16.0 Å². The van der Waals surface area contributed by atoms with Gasteiger partial charge in [0.05, 0.1) is 0 Å². The summed E-state index contributed by atoms with van der Waals surface area (Å²) in [6, 6.07) is 10.1. The van der Waals surface area contributed by atoms with Gasteiger partial charge in [0.1, 0.15) is 0 Å². The fraction of sp³-hybridized carbons (Fsp3) is 0.308. The molecular formula is C13H17N5O2. The van der Waals surface area contributed by atoms with Crippen LogP contribution in [0.5, 0.6) is 0 Å². The second-order valence-corrected chi connectivity index (χ2v) is 4.36. The van der Waals surface area contributed by atoms with Gasteiger partial charge >= 0.3 is 0 Å². The van der Waals surface area contributed by atoms with Gasteiger partial charge in [-0.2, -0.15) is 0 Å². The molecule has 0 aliphatic carbocycles. The summed E-state index contributed by atoms with van der Waals surface area (Å²) in [6.45, 7) is 1.36. The van der Waals surface area contributed by atoms with Crippen molar-refractivity contribution in [3.8, 4) is 0 Å². The molecule has 0 fully saturated rings. The highest BCUT2D eigenvalue weighted by Gasteiger charge is 2.14. The molecule has 2 rings (SSSR count). The summed E-state index contributed by atoms with van der Waals surface area (Å²) in [7, 11) is 2.01. The van der Waals surface area contributed by atoms with E-state index in [4.69, 9.17) is 5.73 Å². The number of nitrogens with two attached hydrogens (primary N) is 1. The van der Waals surface area contributed by atoms with Gasteiger partial charge in [-0.3, -0.25) is 4.79 Å². The number of benzene rings is 1. The molecule has 0 radical (unpaired) electrons. The highest BCUT2D eigenvalue weighted by Crippen LogP contribution is 2.10. The van der Waals surface area contributed by atoms with E-state index in [9.17, 15) is 4.79 Å². The van der Waals surface area contributed by atoms with E-state index < -0.39 is 0 Å². The first-order valence-electron chi connectivity index (χ1n) is 6.31. The Hall–Kier alpha value is -2.57. The van der Waals surface area contributed by atoms with Crippen molar-refractivity contribution in [2.75, 3.05) is 30.8 Å². The van der Waals surface area contributed by atoms with E-state index in [1.807, 2.05) is 37.4 Å². The zero-order valence-corrected chi connectivity index (χ0v) is 11.2. The van der Waals surface area contributed by atoms with Gasteiger partial charge in [0.25, 0.3) is 5.91 Å². The monoisotopic (exact) mass is 275 g/mol. The molecule has 1 amide bonds. The molecule has 0 atom stereocenters. The van der Waals surface area contributed by atoms with E-state index in [0.717, 1.165) is 18.7 Å². The van der Waals surface area contributed by atoms with Gasteiger partial charge in [-0.25, -0.2) is 4.63 Å². The summed E-state index contributed by atoms with van der Waals surface area (Å²) in [6.07, 6.45) is 0.808. The number of rotatable bonds is 6. The molecule has 1 heterocycles. The molecule has 0 saturated carbocycles. The third-order valence-corrected chi connectivity index (χ3v) is 2.88. The predicted octanol–water partition coefficient (Wildman–Crippen LogP) is 0.908. The molecule has 1 aromatic heterocycles. The van der Waals surface area contributed by atoms with Crippen LogP contribution >= 0.6 is 0 Å². The van der Waals surface area contributed by atoms with E-state index in [2.05, 4.69) is 25.2 Å². The number of carbonyl (C=O) groups excluding carboxylic acids is 1. The summed E-state index contributed by atoms with van der Waals surface area (Å²) in [5.74, 6) is -0.366. The molecule has 0 bridgehead atoms. The van der Waals surface area contributed by atoms with Gasteiger partial charge in [-0.15, -0.1) is 0 Å². The number of anilines is 2. The summed E-state index contributed by atoms with van der Waals surface area (Å²) >= 11 is 0. The maximum Gasteiger partial charge on any atom is 0.277 e. The molecule has 3 N–H and O–H groups in total. The Bertz CT molecular complexity index is 555. The Labute approximate surface area is 116 Å². The lowest BCUT2D eigenvalue weighted by molar-refractivity contribution is 0.0944. The van der Waals surface area contributed by atoms with Crippen LogP contribution in [0.2, 0.25) is 0 Å². The number of nitrogens with zero attached hydrogens (tertiary/aromatic N) is 3. The van der Waals surface area contributed by atoms with Crippen LogP contribution in [-0.2, 0) is 0 Å². The zero-order valence-electron chi connectivity index (χ0n) is 11.2. The van der Waals surface area contributed by atoms with Gasteiger partial charge in [0.15, 0.2) is 0 Å². The maximum absolute atomic E-state index is 11.7. The molecular weight excluding hydrogens is 258 g/mol. The lowest BCUT2D eigenvalue weighted by Gasteiger charge is -2.19. The van der Waals surface area contributed by atoms with Crippen LogP contribution in [0.15, 0.2) is 35.0 Å². The van der Waals surface area contributed by atoms with Crippen molar-refractivity contribution in [1.82, 2.24) is 15.6 Å². The fourth-order valence-electron chi connectivity index (χ4n) is 1.77. The van der Waals surface area contributed by atoms with Gasteiger partial charge in [-0.1, -0.05) is 18.2 Å². The van der Waals surface area contributed by atoms with Crippen molar-refractivity contribution in [2.45, 2.75) is 6.42 Å². The van der Waals surface area contributed by atoms with E-state index in [-0.39, 0.29) is 17.4 Å². The number of amides is 1.